The lowest BCUT2D eigenvalue weighted by molar-refractivity contribution is 0.0686. The zero-order chi connectivity index (χ0) is 10.3. The van der Waals surface area contributed by atoms with Gasteiger partial charge in [-0.15, -0.1) is 0 Å². The Labute approximate surface area is 79.2 Å². The van der Waals surface area contributed by atoms with Gasteiger partial charge in [0.1, 0.15) is 5.65 Å². The van der Waals surface area contributed by atoms with Crippen LogP contribution in [0.25, 0.3) is 5.65 Å². The van der Waals surface area contributed by atoms with Crippen LogP contribution in [0.5, 0.6) is 5.88 Å². The number of aromatic nitrogens is 2. The zero-order valence-electron chi connectivity index (χ0n) is 7.43. The highest BCUT2D eigenvalue weighted by Crippen LogP contribution is 2.18. The molecule has 2 aromatic heterocycles. The number of imidazole rings is 1. The SMILES string of the molecule is Cc1ccn2c(C(=O)O)c(O)nc2c1. The topological polar surface area (TPSA) is 74.8 Å². The molecule has 0 spiro atoms. The van der Waals surface area contributed by atoms with Crippen molar-refractivity contribution in [3.05, 3.63) is 29.6 Å². The van der Waals surface area contributed by atoms with Gasteiger partial charge in [-0.05, 0) is 24.6 Å². The first-order valence-corrected chi connectivity index (χ1v) is 4.00. The van der Waals surface area contributed by atoms with Crippen LogP contribution in [-0.2, 0) is 0 Å². The Morgan fingerprint density at radius 1 is 1.57 bits per heavy atom. The molecular weight excluding hydrogens is 184 g/mol. The predicted molar refractivity (Wildman–Crippen MR) is 48.6 cm³/mol. The maximum atomic E-state index is 10.8. The molecule has 2 N–H and O–H groups in total. The number of nitrogens with zero attached hydrogens (tertiary/aromatic N) is 2. The number of fused-ring (bicyclic) bond motifs is 1. The molecule has 0 aromatic carbocycles. The van der Waals surface area contributed by atoms with Crippen LogP contribution in [0.4, 0.5) is 0 Å². The van der Waals surface area contributed by atoms with Crippen LogP contribution in [0.15, 0.2) is 18.3 Å². The molecule has 72 valence electrons. The minimum absolute atomic E-state index is 0.208. The molecule has 0 aliphatic heterocycles. The van der Waals surface area contributed by atoms with Gasteiger partial charge < -0.3 is 10.2 Å². The first kappa shape index (κ1) is 8.55. The largest absolute Gasteiger partial charge is 0.492 e. The van der Waals surface area contributed by atoms with Gasteiger partial charge in [-0.1, -0.05) is 0 Å². The number of carboxylic acid groups (broad SMARTS) is 1. The van der Waals surface area contributed by atoms with Crippen molar-refractivity contribution in [3.8, 4) is 5.88 Å². The van der Waals surface area contributed by atoms with Crippen molar-refractivity contribution in [2.24, 2.45) is 0 Å². The van der Waals surface area contributed by atoms with Gasteiger partial charge >= 0.3 is 5.97 Å². The average molecular weight is 192 g/mol. The second-order valence-corrected chi connectivity index (χ2v) is 3.02. The monoisotopic (exact) mass is 192 g/mol. The molecule has 0 aliphatic carbocycles. The number of aromatic carboxylic acids is 1. The second kappa shape index (κ2) is 2.73. The molecule has 0 atom stereocenters. The van der Waals surface area contributed by atoms with E-state index in [1.165, 1.54) is 4.40 Å². The summed E-state index contributed by atoms with van der Waals surface area (Å²) in [7, 11) is 0. The van der Waals surface area contributed by atoms with Gasteiger partial charge in [0.05, 0.1) is 0 Å². The molecule has 0 amide bonds. The number of hydrogen-bond acceptors (Lipinski definition) is 3. The first-order chi connectivity index (χ1) is 6.59. The van der Waals surface area contributed by atoms with Gasteiger partial charge in [0.15, 0.2) is 5.69 Å². The van der Waals surface area contributed by atoms with Gasteiger partial charge in [0.25, 0.3) is 0 Å². The first-order valence-electron chi connectivity index (χ1n) is 4.00. The summed E-state index contributed by atoms with van der Waals surface area (Å²) in [4.78, 5) is 14.5. The summed E-state index contributed by atoms with van der Waals surface area (Å²) in [6, 6.07) is 3.45. The van der Waals surface area contributed by atoms with E-state index < -0.39 is 11.8 Å². The van der Waals surface area contributed by atoms with Crippen molar-refractivity contribution in [3.63, 3.8) is 0 Å². The summed E-state index contributed by atoms with van der Waals surface area (Å²) in [5, 5.41) is 18.1. The molecule has 0 saturated carbocycles. The number of carbonyl (C=O) groups is 1. The van der Waals surface area contributed by atoms with E-state index in [1.807, 2.05) is 6.92 Å². The molecule has 2 aromatic rings. The molecule has 2 rings (SSSR count). The van der Waals surface area contributed by atoms with E-state index in [9.17, 15) is 9.90 Å². The highest BCUT2D eigenvalue weighted by molar-refractivity contribution is 5.89. The van der Waals surface area contributed by atoms with Crippen LogP contribution in [0, 0.1) is 6.92 Å². The van der Waals surface area contributed by atoms with Crippen LogP contribution in [-0.4, -0.2) is 25.6 Å². The zero-order valence-corrected chi connectivity index (χ0v) is 7.43. The molecule has 14 heavy (non-hydrogen) atoms. The molecule has 0 bridgehead atoms. The van der Waals surface area contributed by atoms with Gasteiger partial charge in [-0.3, -0.25) is 4.40 Å². The van der Waals surface area contributed by atoms with Gasteiger partial charge in [0, 0.05) is 6.20 Å². The lowest BCUT2D eigenvalue weighted by Crippen LogP contribution is -2.01. The Bertz CT molecular complexity index is 516. The van der Waals surface area contributed by atoms with Gasteiger partial charge in [-0.2, -0.15) is 4.98 Å². The lowest BCUT2D eigenvalue weighted by Gasteiger charge is -1.96. The summed E-state index contributed by atoms with van der Waals surface area (Å²) in [6.45, 7) is 1.87. The van der Waals surface area contributed by atoms with Crippen molar-refractivity contribution >= 4 is 11.6 Å². The summed E-state index contributed by atoms with van der Waals surface area (Å²) in [6.07, 6.45) is 1.57. The maximum Gasteiger partial charge on any atom is 0.358 e. The van der Waals surface area contributed by atoms with E-state index in [2.05, 4.69) is 4.98 Å². The number of aryl methyl sites for hydroxylation is 1. The standard InChI is InChI=1S/C9H8N2O3/c1-5-2-3-11-6(4-5)10-8(12)7(11)9(13)14/h2-4,12H,1H3,(H,13,14). The van der Waals surface area contributed by atoms with Crippen LogP contribution in [0.1, 0.15) is 16.1 Å². The molecule has 0 radical (unpaired) electrons. The molecule has 0 fully saturated rings. The minimum Gasteiger partial charge on any atom is -0.492 e. The Balaban J connectivity index is 2.84. The molecular formula is C9H8N2O3. The third-order valence-corrected chi connectivity index (χ3v) is 1.97. The highest BCUT2D eigenvalue weighted by Gasteiger charge is 2.17. The maximum absolute atomic E-state index is 10.8. The van der Waals surface area contributed by atoms with E-state index in [-0.39, 0.29) is 5.69 Å². The molecule has 2 heterocycles. The Kier molecular flexibility index (Phi) is 1.67. The number of pyridine rings is 1. The quantitative estimate of drug-likeness (QED) is 0.708. The fourth-order valence-electron chi connectivity index (χ4n) is 1.33. The average Bonchev–Trinajstić information content (AvgIpc) is 2.39. The summed E-state index contributed by atoms with van der Waals surface area (Å²) < 4.78 is 1.34. The van der Waals surface area contributed by atoms with Crippen molar-refractivity contribution in [2.45, 2.75) is 6.92 Å². The summed E-state index contributed by atoms with van der Waals surface area (Å²) >= 11 is 0. The van der Waals surface area contributed by atoms with E-state index in [1.54, 1.807) is 18.3 Å². The summed E-state index contributed by atoms with van der Waals surface area (Å²) in [5.74, 6) is -1.65. The van der Waals surface area contributed by atoms with Crippen molar-refractivity contribution in [1.82, 2.24) is 9.38 Å². The fourth-order valence-corrected chi connectivity index (χ4v) is 1.33. The van der Waals surface area contributed by atoms with Crippen LogP contribution in [0.3, 0.4) is 0 Å². The smallest absolute Gasteiger partial charge is 0.358 e. The van der Waals surface area contributed by atoms with Crippen LogP contribution in [0.2, 0.25) is 0 Å². The second-order valence-electron chi connectivity index (χ2n) is 3.02. The van der Waals surface area contributed by atoms with Gasteiger partial charge in [-0.25, -0.2) is 4.79 Å². The van der Waals surface area contributed by atoms with Crippen molar-refractivity contribution in [1.29, 1.82) is 0 Å². The van der Waals surface area contributed by atoms with E-state index in [0.29, 0.717) is 5.65 Å². The number of hydrogen-bond donors (Lipinski definition) is 2. The Hall–Kier alpha value is -2.04. The normalized spacial score (nSPS) is 10.6. The van der Waals surface area contributed by atoms with Crippen molar-refractivity contribution < 1.29 is 15.0 Å². The van der Waals surface area contributed by atoms with Crippen LogP contribution >= 0.6 is 0 Å². The third-order valence-electron chi connectivity index (χ3n) is 1.97. The van der Waals surface area contributed by atoms with E-state index >= 15 is 0 Å². The molecule has 0 aliphatic rings. The predicted octanol–water partition coefficient (Wildman–Crippen LogP) is 1.05. The van der Waals surface area contributed by atoms with E-state index in [4.69, 9.17) is 5.11 Å². The summed E-state index contributed by atoms with van der Waals surface area (Å²) in [5.41, 5.74) is 1.18. The number of aromatic hydroxyl groups is 1. The Morgan fingerprint density at radius 3 is 2.93 bits per heavy atom. The van der Waals surface area contributed by atoms with Gasteiger partial charge in [0.2, 0.25) is 5.88 Å². The molecule has 0 saturated heterocycles. The Morgan fingerprint density at radius 2 is 2.29 bits per heavy atom. The molecule has 0 unspecified atom stereocenters. The molecule has 5 heteroatoms. The third kappa shape index (κ3) is 1.10. The van der Waals surface area contributed by atoms with E-state index in [0.717, 1.165) is 5.56 Å². The minimum atomic E-state index is -1.20. The lowest BCUT2D eigenvalue weighted by atomic mass is 10.3. The fraction of sp³-hybridized carbons (Fsp3) is 0.111. The van der Waals surface area contributed by atoms with Crippen molar-refractivity contribution in [2.75, 3.05) is 0 Å². The highest BCUT2D eigenvalue weighted by atomic mass is 16.4. The number of rotatable bonds is 1. The molecule has 5 nitrogen and oxygen atoms in total. The number of carboxylic acids is 1. The van der Waals surface area contributed by atoms with Crippen LogP contribution < -0.4 is 0 Å².